The summed E-state index contributed by atoms with van der Waals surface area (Å²) in [5, 5.41) is 0. The van der Waals surface area contributed by atoms with Crippen molar-refractivity contribution < 1.29 is 9.53 Å². The van der Waals surface area contributed by atoms with Gasteiger partial charge in [0, 0.05) is 0 Å². The maximum atomic E-state index is 11.9. The van der Waals surface area contributed by atoms with Crippen LogP contribution in [0, 0.1) is 5.92 Å². The summed E-state index contributed by atoms with van der Waals surface area (Å²) < 4.78 is 5.37. The van der Waals surface area contributed by atoms with Crippen molar-refractivity contribution in [2.45, 2.75) is 130 Å². The van der Waals surface area contributed by atoms with E-state index in [0.29, 0.717) is 6.61 Å². The summed E-state index contributed by atoms with van der Waals surface area (Å²) in [4.78, 5) is 11.9. The second kappa shape index (κ2) is 19.8. The molecule has 0 bridgehead atoms. The van der Waals surface area contributed by atoms with Crippen molar-refractivity contribution in [2.75, 3.05) is 6.61 Å². The molecule has 0 spiro atoms. The summed E-state index contributed by atoms with van der Waals surface area (Å²) >= 11 is 0. The number of hydrogen-bond donors (Lipinski definition) is 0. The normalized spacial score (nSPS) is 12.3. The minimum atomic E-state index is 0.0135. The maximum absolute atomic E-state index is 11.9. The number of rotatable bonds is 19. The fourth-order valence-corrected chi connectivity index (χ4v) is 3.25. The zero-order chi connectivity index (χ0) is 18.6. The van der Waals surface area contributed by atoms with Gasteiger partial charge in [-0.3, -0.25) is 4.79 Å². The molecular weight excluding hydrogens is 308 g/mol. The molecule has 0 aliphatic carbocycles. The molecule has 0 aromatic heterocycles. The molecule has 0 saturated carbocycles. The van der Waals surface area contributed by atoms with Crippen molar-refractivity contribution in [3.8, 4) is 0 Å². The summed E-state index contributed by atoms with van der Waals surface area (Å²) in [7, 11) is 0. The lowest BCUT2D eigenvalue weighted by Crippen LogP contribution is -2.15. The third-order valence-electron chi connectivity index (χ3n) is 5.14. The van der Waals surface area contributed by atoms with Gasteiger partial charge in [-0.15, -0.1) is 0 Å². The highest BCUT2D eigenvalue weighted by atomic mass is 16.5. The SMILES string of the molecule is CCCCCCCCCCCCCCC(C)C(=O)OCCCCCC. The summed E-state index contributed by atoms with van der Waals surface area (Å²) in [5.41, 5.74) is 0. The van der Waals surface area contributed by atoms with Gasteiger partial charge in [-0.1, -0.05) is 117 Å². The summed E-state index contributed by atoms with van der Waals surface area (Å²) in [5.74, 6) is 0.0915. The van der Waals surface area contributed by atoms with E-state index >= 15 is 0 Å². The van der Waals surface area contributed by atoms with Crippen molar-refractivity contribution in [3.63, 3.8) is 0 Å². The van der Waals surface area contributed by atoms with Crippen LogP contribution in [-0.4, -0.2) is 12.6 Å². The van der Waals surface area contributed by atoms with Gasteiger partial charge in [-0.25, -0.2) is 0 Å². The molecule has 1 atom stereocenters. The van der Waals surface area contributed by atoms with Crippen molar-refractivity contribution in [1.82, 2.24) is 0 Å². The smallest absolute Gasteiger partial charge is 0.308 e. The van der Waals surface area contributed by atoms with Crippen LogP contribution in [0.1, 0.15) is 130 Å². The Labute approximate surface area is 158 Å². The number of ether oxygens (including phenoxy) is 1. The fraction of sp³-hybridized carbons (Fsp3) is 0.957. The van der Waals surface area contributed by atoms with E-state index in [4.69, 9.17) is 4.74 Å². The first-order chi connectivity index (χ1) is 12.2. The molecule has 0 saturated heterocycles. The molecule has 0 radical (unpaired) electrons. The number of carbonyl (C=O) groups is 1. The average Bonchev–Trinajstić information content (AvgIpc) is 2.62. The zero-order valence-electron chi connectivity index (χ0n) is 17.6. The van der Waals surface area contributed by atoms with E-state index in [-0.39, 0.29) is 11.9 Å². The van der Waals surface area contributed by atoms with Gasteiger partial charge in [0.25, 0.3) is 0 Å². The molecule has 0 rings (SSSR count). The molecule has 0 N–H and O–H groups in total. The van der Waals surface area contributed by atoms with Crippen LogP contribution >= 0.6 is 0 Å². The standard InChI is InChI=1S/C23H46O2/c1-4-6-8-10-11-12-13-14-15-16-17-18-20-22(3)23(24)25-21-19-9-7-5-2/h22H,4-21H2,1-3H3. The molecule has 2 heteroatoms. The second-order valence-corrected chi connectivity index (χ2v) is 7.81. The van der Waals surface area contributed by atoms with Crippen molar-refractivity contribution in [3.05, 3.63) is 0 Å². The molecule has 0 fully saturated rings. The van der Waals surface area contributed by atoms with Gasteiger partial charge in [0.1, 0.15) is 0 Å². The third kappa shape index (κ3) is 18.1. The van der Waals surface area contributed by atoms with Crippen LogP contribution in [0.5, 0.6) is 0 Å². The van der Waals surface area contributed by atoms with Crippen LogP contribution < -0.4 is 0 Å². The Kier molecular flexibility index (Phi) is 19.4. The lowest BCUT2D eigenvalue weighted by Gasteiger charge is -2.11. The third-order valence-corrected chi connectivity index (χ3v) is 5.14. The predicted molar refractivity (Wildman–Crippen MR) is 110 cm³/mol. The number of esters is 1. The van der Waals surface area contributed by atoms with Gasteiger partial charge in [0.05, 0.1) is 12.5 Å². The fourth-order valence-electron chi connectivity index (χ4n) is 3.25. The van der Waals surface area contributed by atoms with E-state index in [2.05, 4.69) is 13.8 Å². The number of hydrogen-bond acceptors (Lipinski definition) is 2. The Morgan fingerprint density at radius 3 is 1.52 bits per heavy atom. The molecule has 25 heavy (non-hydrogen) atoms. The predicted octanol–water partition coefficient (Wildman–Crippen LogP) is 7.84. The largest absolute Gasteiger partial charge is 0.465 e. The lowest BCUT2D eigenvalue weighted by molar-refractivity contribution is -0.148. The topological polar surface area (TPSA) is 26.3 Å². The quantitative estimate of drug-likeness (QED) is 0.174. The Bertz CT molecular complexity index is 275. The van der Waals surface area contributed by atoms with E-state index < -0.39 is 0 Å². The average molecular weight is 355 g/mol. The van der Waals surface area contributed by atoms with Gasteiger partial charge in [-0.05, 0) is 12.8 Å². The summed E-state index contributed by atoms with van der Waals surface area (Å²) in [6.45, 7) is 7.11. The van der Waals surface area contributed by atoms with Crippen LogP contribution in [0.3, 0.4) is 0 Å². The second-order valence-electron chi connectivity index (χ2n) is 7.81. The molecular formula is C23H46O2. The van der Waals surface area contributed by atoms with Crippen LogP contribution in [0.2, 0.25) is 0 Å². The van der Waals surface area contributed by atoms with Gasteiger partial charge in [0.15, 0.2) is 0 Å². The van der Waals surface area contributed by atoms with Gasteiger partial charge in [0.2, 0.25) is 0 Å². The highest BCUT2D eigenvalue weighted by Gasteiger charge is 2.13. The van der Waals surface area contributed by atoms with Gasteiger partial charge in [-0.2, -0.15) is 0 Å². The molecule has 0 aliphatic heterocycles. The first kappa shape index (κ1) is 24.5. The zero-order valence-corrected chi connectivity index (χ0v) is 17.6. The monoisotopic (exact) mass is 354 g/mol. The van der Waals surface area contributed by atoms with Gasteiger partial charge < -0.3 is 4.74 Å². The Balaban J connectivity index is 3.28. The van der Waals surface area contributed by atoms with Gasteiger partial charge >= 0.3 is 5.97 Å². The molecule has 2 nitrogen and oxygen atoms in total. The van der Waals surface area contributed by atoms with E-state index in [0.717, 1.165) is 12.8 Å². The maximum Gasteiger partial charge on any atom is 0.308 e. The molecule has 1 unspecified atom stereocenters. The van der Waals surface area contributed by atoms with E-state index in [1.807, 2.05) is 6.92 Å². The molecule has 0 aromatic rings. The number of carbonyl (C=O) groups excluding carboxylic acids is 1. The summed E-state index contributed by atoms with van der Waals surface area (Å²) in [6, 6.07) is 0. The molecule has 0 heterocycles. The minimum Gasteiger partial charge on any atom is -0.465 e. The van der Waals surface area contributed by atoms with Crippen LogP contribution in [-0.2, 0) is 9.53 Å². The molecule has 0 aromatic carbocycles. The van der Waals surface area contributed by atoms with E-state index in [1.165, 1.54) is 96.3 Å². The first-order valence-corrected chi connectivity index (χ1v) is 11.4. The molecule has 0 aliphatic rings. The van der Waals surface area contributed by atoms with E-state index in [1.54, 1.807) is 0 Å². The summed E-state index contributed by atoms with van der Waals surface area (Å²) in [6.07, 6.45) is 22.0. The Morgan fingerprint density at radius 1 is 0.640 bits per heavy atom. The molecule has 0 amide bonds. The first-order valence-electron chi connectivity index (χ1n) is 11.4. The van der Waals surface area contributed by atoms with Crippen LogP contribution in [0.15, 0.2) is 0 Å². The Morgan fingerprint density at radius 2 is 1.04 bits per heavy atom. The minimum absolute atomic E-state index is 0.0135. The Hall–Kier alpha value is -0.530. The van der Waals surface area contributed by atoms with E-state index in [9.17, 15) is 4.79 Å². The van der Waals surface area contributed by atoms with Crippen LogP contribution in [0.25, 0.3) is 0 Å². The lowest BCUT2D eigenvalue weighted by atomic mass is 10.0. The van der Waals surface area contributed by atoms with Crippen molar-refractivity contribution in [1.29, 1.82) is 0 Å². The van der Waals surface area contributed by atoms with Crippen molar-refractivity contribution in [2.24, 2.45) is 5.92 Å². The molecule has 150 valence electrons. The highest BCUT2D eigenvalue weighted by Crippen LogP contribution is 2.15. The van der Waals surface area contributed by atoms with Crippen molar-refractivity contribution >= 4 is 5.97 Å². The highest BCUT2D eigenvalue weighted by molar-refractivity contribution is 5.71. The van der Waals surface area contributed by atoms with Crippen LogP contribution in [0.4, 0.5) is 0 Å². The number of unbranched alkanes of at least 4 members (excludes halogenated alkanes) is 14.